The Morgan fingerprint density at radius 3 is 2.26 bits per heavy atom. The number of anilines is 3. The molecule has 12 heteroatoms. The molecule has 0 radical (unpaired) electrons. The van der Waals surface area contributed by atoms with Crippen molar-refractivity contribution < 1.29 is 28.5 Å². The lowest BCUT2D eigenvalue weighted by Gasteiger charge is -2.24. The summed E-state index contributed by atoms with van der Waals surface area (Å²) in [4.78, 5) is 26.0. The predicted molar refractivity (Wildman–Crippen MR) is 165 cm³/mol. The van der Waals surface area contributed by atoms with E-state index in [0.29, 0.717) is 11.4 Å². The molecule has 0 spiro atoms. The molecule has 42 heavy (non-hydrogen) atoms. The fraction of sp³-hybridized carbons (Fsp3) is 0.267. The highest BCUT2D eigenvalue weighted by Crippen LogP contribution is 2.39. The van der Waals surface area contributed by atoms with E-state index in [1.807, 2.05) is 58.0 Å². The minimum Gasteiger partial charge on any atom is -0.492 e. The van der Waals surface area contributed by atoms with Crippen molar-refractivity contribution in [3.8, 4) is 5.75 Å². The molecule has 3 rings (SSSR count). The van der Waals surface area contributed by atoms with E-state index in [2.05, 4.69) is 21.1 Å². The number of methoxy groups -OCH3 is 1. The fourth-order valence-electron chi connectivity index (χ4n) is 4.07. The Morgan fingerprint density at radius 1 is 1.02 bits per heavy atom. The number of ether oxygens (including phenoxy) is 1. The summed E-state index contributed by atoms with van der Waals surface area (Å²) in [6, 6.07) is 19.2. The Balaban J connectivity index is 1.84. The maximum Gasteiger partial charge on any atom is 0.307 e. The number of hydrazine groups is 1. The molecule has 3 aromatic rings. The SMILES string of the molecule is COc1c(NC(=O)c2cccc(N(N)/C=C(\[NH3+])C(=O)N[C@H](C)c3ccccc3)c2)cc(C(C)(C)C)cc1NS(C)(=O)=O. The van der Waals surface area contributed by atoms with Crippen LogP contribution < -0.4 is 36.7 Å². The number of benzene rings is 3. The number of nitrogens with one attached hydrogen (secondary N) is 3. The molecule has 1 atom stereocenters. The Labute approximate surface area is 246 Å². The molecule has 3 aromatic carbocycles. The van der Waals surface area contributed by atoms with Gasteiger partial charge in [-0.3, -0.25) is 19.3 Å². The van der Waals surface area contributed by atoms with E-state index in [4.69, 9.17) is 10.6 Å². The monoisotopic (exact) mass is 595 g/mol. The van der Waals surface area contributed by atoms with Crippen LogP contribution in [0.5, 0.6) is 5.75 Å². The van der Waals surface area contributed by atoms with Gasteiger partial charge in [0.1, 0.15) is 0 Å². The Bertz CT molecular complexity index is 1580. The van der Waals surface area contributed by atoms with E-state index in [1.165, 1.54) is 18.3 Å². The first-order valence-electron chi connectivity index (χ1n) is 13.1. The first-order valence-corrected chi connectivity index (χ1v) is 15.0. The molecule has 0 aliphatic carbocycles. The first kappa shape index (κ1) is 32.1. The number of nitrogens with two attached hydrogens (primary N) is 1. The number of carbonyl (C=O) groups excluding carboxylic acids is 2. The summed E-state index contributed by atoms with van der Waals surface area (Å²) in [6.07, 6.45) is 2.42. The second-order valence-electron chi connectivity index (χ2n) is 10.9. The van der Waals surface area contributed by atoms with Crippen molar-refractivity contribution in [2.75, 3.05) is 28.4 Å². The van der Waals surface area contributed by atoms with Gasteiger partial charge in [0.25, 0.3) is 5.91 Å². The Hall–Kier alpha value is -4.39. The van der Waals surface area contributed by atoms with Crippen molar-refractivity contribution >= 4 is 38.9 Å². The van der Waals surface area contributed by atoms with Gasteiger partial charge in [0.05, 0.1) is 42.7 Å². The van der Waals surface area contributed by atoms with Crippen LogP contribution in [-0.4, -0.2) is 33.6 Å². The standard InChI is InChI=1S/C30H38N6O5S/c1-19(20-11-8-7-9-12-20)33-29(38)24(31)18-36(32)23-14-10-13-21(15-23)28(37)34-25-16-22(30(2,3)4)17-26(27(25)41-5)35-42(6,39)40/h7-19,35H,31-32H2,1-6H3,(H,33,38)(H,34,37)/p+1/b24-18-/t19-/m1/s1. The summed E-state index contributed by atoms with van der Waals surface area (Å²) in [6.45, 7) is 7.78. The third kappa shape index (κ3) is 8.56. The van der Waals surface area contributed by atoms with Crippen LogP contribution in [0.2, 0.25) is 0 Å². The van der Waals surface area contributed by atoms with Crippen LogP contribution in [-0.2, 0) is 20.2 Å². The number of amides is 2. The molecule has 0 fully saturated rings. The van der Waals surface area contributed by atoms with Gasteiger partial charge in [-0.25, -0.2) is 14.3 Å². The highest BCUT2D eigenvalue weighted by molar-refractivity contribution is 7.92. The van der Waals surface area contributed by atoms with Crippen LogP contribution in [0.1, 0.15) is 55.2 Å². The zero-order chi connectivity index (χ0) is 31.2. The summed E-state index contributed by atoms with van der Waals surface area (Å²) < 4.78 is 32.0. The van der Waals surface area contributed by atoms with Gasteiger partial charge in [0.15, 0.2) is 5.75 Å². The van der Waals surface area contributed by atoms with E-state index < -0.39 is 15.9 Å². The van der Waals surface area contributed by atoms with Crippen LogP contribution in [0, 0.1) is 0 Å². The van der Waals surface area contributed by atoms with Gasteiger partial charge >= 0.3 is 5.91 Å². The molecule has 8 N–H and O–H groups in total. The molecule has 0 aromatic heterocycles. The molecule has 2 amide bonds. The summed E-state index contributed by atoms with van der Waals surface area (Å²) in [5, 5.41) is 6.92. The molecular weight excluding hydrogens is 556 g/mol. The lowest BCUT2D eigenvalue weighted by molar-refractivity contribution is -0.299. The molecule has 0 heterocycles. The maximum atomic E-state index is 13.3. The van der Waals surface area contributed by atoms with Gasteiger partial charge < -0.3 is 21.1 Å². The van der Waals surface area contributed by atoms with Gasteiger partial charge in [-0.1, -0.05) is 57.2 Å². The molecule has 0 aliphatic heterocycles. The van der Waals surface area contributed by atoms with Crippen LogP contribution in [0.3, 0.4) is 0 Å². The topological polar surface area (TPSA) is 170 Å². The summed E-state index contributed by atoms with van der Waals surface area (Å²) in [5.41, 5.74) is 6.53. The second kappa shape index (κ2) is 13.1. The van der Waals surface area contributed by atoms with E-state index in [9.17, 15) is 18.0 Å². The third-order valence-corrected chi connectivity index (χ3v) is 6.93. The third-order valence-electron chi connectivity index (χ3n) is 6.34. The van der Waals surface area contributed by atoms with Crippen molar-refractivity contribution in [2.24, 2.45) is 5.84 Å². The van der Waals surface area contributed by atoms with E-state index in [1.54, 1.807) is 36.4 Å². The van der Waals surface area contributed by atoms with Gasteiger partial charge in [0, 0.05) is 5.56 Å². The van der Waals surface area contributed by atoms with Crippen molar-refractivity contribution in [1.82, 2.24) is 5.32 Å². The zero-order valence-corrected chi connectivity index (χ0v) is 25.5. The lowest BCUT2D eigenvalue weighted by Crippen LogP contribution is -2.55. The number of sulfonamides is 1. The van der Waals surface area contributed by atoms with Crippen LogP contribution in [0.15, 0.2) is 78.6 Å². The quantitative estimate of drug-likeness (QED) is 0.136. The molecule has 0 saturated carbocycles. The van der Waals surface area contributed by atoms with Crippen molar-refractivity contribution in [3.05, 3.63) is 95.3 Å². The van der Waals surface area contributed by atoms with Gasteiger partial charge in [-0.2, -0.15) is 0 Å². The van der Waals surface area contributed by atoms with Crippen LogP contribution in [0.25, 0.3) is 0 Å². The van der Waals surface area contributed by atoms with Crippen LogP contribution in [0.4, 0.5) is 17.1 Å². The molecule has 224 valence electrons. The summed E-state index contributed by atoms with van der Waals surface area (Å²) in [7, 11) is -2.23. The van der Waals surface area contributed by atoms with Crippen molar-refractivity contribution in [3.63, 3.8) is 0 Å². The van der Waals surface area contributed by atoms with E-state index in [-0.39, 0.29) is 40.1 Å². The number of nitrogens with zero attached hydrogens (tertiary/aromatic N) is 1. The second-order valence-corrected chi connectivity index (χ2v) is 12.6. The largest absolute Gasteiger partial charge is 0.492 e. The van der Waals surface area contributed by atoms with Crippen LogP contribution >= 0.6 is 0 Å². The highest BCUT2D eigenvalue weighted by Gasteiger charge is 2.23. The normalized spacial score (nSPS) is 12.7. The molecule has 0 saturated heterocycles. The molecule has 0 bridgehead atoms. The highest BCUT2D eigenvalue weighted by atomic mass is 32.2. The van der Waals surface area contributed by atoms with Crippen molar-refractivity contribution in [2.45, 2.75) is 39.2 Å². The van der Waals surface area contributed by atoms with Gasteiger partial charge in [-0.15, -0.1) is 0 Å². The number of rotatable bonds is 10. The maximum absolute atomic E-state index is 13.3. The lowest BCUT2D eigenvalue weighted by atomic mass is 9.86. The predicted octanol–water partition coefficient (Wildman–Crippen LogP) is 3.26. The Morgan fingerprint density at radius 2 is 1.67 bits per heavy atom. The minimum absolute atomic E-state index is 0.129. The zero-order valence-electron chi connectivity index (χ0n) is 24.7. The van der Waals surface area contributed by atoms with Gasteiger partial charge in [0.2, 0.25) is 15.7 Å². The number of carbonyl (C=O) groups is 2. The number of hydrogen-bond donors (Lipinski definition) is 5. The minimum atomic E-state index is -3.62. The molecule has 11 nitrogen and oxygen atoms in total. The molecule has 0 unspecified atom stereocenters. The number of hydrogen-bond acceptors (Lipinski definition) is 7. The smallest absolute Gasteiger partial charge is 0.307 e. The van der Waals surface area contributed by atoms with E-state index in [0.717, 1.165) is 17.4 Å². The Kier molecular flexibility index (Phi) is 9.99. The molecular formula is C30H39N6O5S+. The average molecular weight is 596 g/mol. The first-order chi connectivity index (χ1) is 19.6. The molecule has 0 aliphatic rings. The summed E-state index contributed by atoms with van der Waals surface area (Å²) in [5.74, 6) is 5.51. The van der Waals surface area contributed by atoms with Gasteiger partial charge in [-0.05, 0) is 53.8 Å². The number of quaternary nitrogens is 1. The van der Waals surface area contributed by atoms with E-state index >= 15 is 0 Å². The summed E-state index contributed by atoms with van der Waals surface area (Å²) >= 11 is 0. The average Bonchev–Trinajstić information content (AvgIpc) is 2.92. The van der Waals surface area contributed by atoms with Crippen molar-refractivity contribution in [1.29, 1.82) is 0 Å². The fourth-order valence-corrected chi connectivity index (χ4v) is 4.62.